The summed E-state index contributed by atoms with van der Waals surface area (Å²) < 4.78 is 13.0. The van der Waals surface area contributed by atoms with Gasteiger partial charge in [0.05, 0.1) is 17.8 Å². The summed E-state index contributed by atoms with van der Waals surface area (Å²) in [4.78, 5) is 22.0. The number of imidazole rings is 1. The fraction of sp³-hybridized carbons (Fsp3) is 0.208. The van der Waals surface area contributed by atoms with Gasteiger partial charge < -0.3 is 19.4 Å². The van der Waals surface area contributed by atoms with Crippen molar-refractivity contribution < 1.29 is 14.3 Å². The Balaban J connectivity index is 1.53. The molecule has 0 aliphatic rings. The number of aryl methyl sites for hydroxylation is 2. The zero-order valence-corrected chi connectivity index (χ0v) is 18.9. The third-order valence-electron chi connectivity index (χ3n) is 4.99. The zero-order valence-electron chi connectivity index (χ0n) is 18.1. The maximum absolute atomic E-state index is 13.1. The highest BCUT2D eigenvalue weighted by Crippen LogP contribution is 2.24. The minimum absolute atomic E-state index is 0.219. The monoisotopic (exact) mass is 448 g/mol. The normalized spacial score (nSPS) is 11.7. The van der Waals surface area contributed by atoms with Crippen LogP contribution in [0.25, 0.3) is 0 Å². The number of benzene rings is 2. The number of carbonyl (C=O) groups excluding carboxylic acids is 1. The maximum atomic E-state index is 13.1. The average molecular weight is 449 g/mol. The molecular formula is C24H24N4O3S. The molecular weight excluding hydrogens is 424 g/mol. The first-order valence-corrected chi connectivity index (χ1v) is 11.0. The van der Waals surface area contributed by atoms with Crippen molar-refractivity contribution in [3.63, 3.8) is 0 Å². The van der Waals surface area contributed by atoms with Gasteiger partial charge in [-0.25, -0.2) is 9.97 Å². The van der Waals surface area contributed by atoms with Crippen molar-refractivity contribution in [2.45, 2.75) is 19.6 Å². The molecule has 1 amide bonds. The molecule has 164 valence electrons. The highest BCUT2D eigenvalue weighted by atomic mass is 32.1. The van der Waals surface area contributed by atoms with Gasteiger partial charge in [0.25, 0.3) is 5.91 Å². The van der Waals surface area contributed by atoms with Crippen LogP contribution in [0.2, 0.25) is 0 Å². The minimum atomic E-state index is -0.420. The number of hydrogen-bond acceptors (Lipinski definition) is 6. The molecule has 2 aromatic heterocycles. The lowest BCUT2D eigenvalue weighted by Crippen LogP contribution is -2.31. The van der Waals surface area contributed by atoms with Crippen LogP contribution < -0.4 is 14.8 Å². The van der Waals surface area contributed by atoms with Crippen LogP contribution in [0.15, 0.2) is 66.3 Å². The summed E-state index contributed by atoms with van der Waals surface area (Å²) in [6.07, 6.45) is 3.57. The number of aromatic nitrogens is 3. The molecule has 4 aromatic rings. The average Bonchev–Trinajstić information content (AvgIpc) is 3.44. The van der Waals surface area contributed by atoms with Crippen LogP contribution in [0.1, 0.15) is 38.5 Å². The van der Waals surface area contributed by atoms with Gasteiger partial charge in [-0.2, -0.15) is 0 Å². The fourth-order valence-electron chi connectivity index (χ4n) is 3.32. The third kappa shape index (κ3) is 4.97. The molecule has 0 spiro atoms. The van der Waals surface area contributed by atoms with E-state index in [-0.39, 0.29) is 5.91 Å². The summed E-state index contributed by atoms with van der Waals surface area (Å²) in [6.45, 7) is 2.32. The number of thiazole rings is 1. The van der Waals surface area contributed by atoms with Crippen LogP contribution in [-0.2, 0) is 13.7 Å². The van der Waals surface area contributed by atoms with Gasteiger partial charge in [-0.15, -0.1) is 11.3 Å². The molecule has 32 heavy (non-hydrogen) atoms. The van der Waals surface area contributed by atoms with Crippen molar-refractivity contribution in [3.8, 4) is 11.5 Å². The molecule has 0 fully saturated rings. The summed E-state index contributed by atoms with van der Waals surface area (Å²) in [6, 6.07) is 14.3. The lowest BCUT2D eigenvalue weighted by Gasteiger charge is -2.20. The lowest BCUT2D eigenvalue weighted by atomic mass is 10.0. The largest absolute Gasteiger partial charge is 0.497 e. The molecule has 2 heterocycles. The van der Waals surface area contributed by atoms with Crippen molar-refractivity contribution in [2.24, 2.45) is 7.05 Å². The molecule has 0 aliphatic heterocycles. The van der Waals surface area contributed by atoms with Crippen molar-refractivity contribution in [2.75, 3.05) is 7.11 Å². The van der Waals surface area contributed by atoms with Gasteiger partial charge in [-0.05, 0) is 42.8 Å². The van der Waals surface area contributed by atoms with Crippen molar-refractivity contribution in [1.82, 2.24) is 19.9 Å². The first-order chi connectivity index (χ1) is 15.5. The second-order valence-corrected chi connectivity index (χ2v) is 8.31. The van der Waals surface area contributed by atoms with Crippen LogP contribution in [0.3, 0.4) is 0 Å². The second-order valence-electron chi connectivity index (χ2n) is 7.25. The Labute approximate surface area is 190 Å². The van der Waals surface area contributed by atoms with Gasteiger partial charge in [-0.3, -0.25) is 4.79 Å². The Kier molecular flexibility index (Phi) is 6.51. The van der Waals surface area contributed by atoms with Gasteiger partial charge in [0.1, 0.15) is 30.0 Å². The fourth-order valence-corrected chi connectivity index (χ4v) is 3.92. The quantitative estimate of drug-likeness (QED) is 0.435. The first-order valence-electron chi connectivity index (χ1n) is 10.1. The second kappa shape index (κ2) is 9.65. The molecule has 4 rings (SSSR count). The number of ether oxygens (including phenoxy) is 2. The Bertz CT molecular complexity index is 1200. The predicted octanol–water partition coefficient (Wildman–Crippen LogP) is 4.29. The van der Waals surface area contributed by atoms with Gasteiger partial charge in [0.15, 0.2) is 0 Å². The van der Waals surface area contributed by atoms with E-state index in [0.29, 0.717) is 17.9 Å². The highest BCUT2D eigenvalue weighted by molar-refractivity contribution is 7.09. The molecule has 0 saturated carbocycles. The molecule has 2 aromatic carbocycles. The van der Waals surface area contributed by atoms with E-state index >= 15 is 0 Å². The molecule has 0 saturated heterocycles. The number of nitrogens with zero attached hydrogens (tertiary/aromatic N) is 3. The molecule has 1 N–H and O–H groups in total. The van der Waals surface area contributed by atoms with Gasteiger partial charge >= 0.3 is 0 Å². The Morgan fingerprint density at radius 1 is 1.19 bits per heavy atom. The van der Waals surface area contributed by atoms with Crippen LogP contribution in [-0.4, -0.2) is 27.6 Å². The maximum Gasteiger partial charge on any atom is 0.252 e. The van der Waals surface area contributed by atoms with Crippen LogP contribution in [0.4, 0.5) is 0 Å². The van der Waals surface area contributed by atoms with Crippen molar-refractivity contribution in [1.29, 1.82) is 0 Å². The number of rotatable bonds is 8. The van der Waals surface area contributed by atoms with E-state index in [9.17, 15) is 4.79 Å². The molecule has 0 aliphatic carbocycles. The predicted molar refractivity (Wildman–Crippen MR) is 123 cm³/mol. The van der Waals surface area contributed by atoms with E-state index < -0.39 is 6.04 Å². The summed E-state index contributed by atoms with van der Waals surface area (Å²) in [5.74, 6) is 1.87. The molecule has 0 radical (unpaired) electrons. The van der Waals surface area contributed by atoms with Gasteiger partial charge in [0, 0.05) is 30.4 Å². The third-order valence-corrected chi connectivity index (χ3v) is 5.81. The van der Waals surface area contributed by atoms with E-state index in [2.05, 4.69) is 15.3 Å². The Hall–Kier alpha value is -3.65. The first kappa shape index (κ1) is 21.6. The smallest absolute Gasteiger partial charge is 0.252 e. The van der Waals surface area contributed by atoms with Crippen molar-refractivity contribution in [3.05, 3.63) is 94.0 Å². The van der Waals surface area contributed by atoms with E-state index in [4.69, 9.17) is 9.47 Å². The number of nitrogens with one attached hydrogen (secondary N) is 1. The SMILES string of the molecule is COc1ccc(C(NC(=O)c2cccc(OCc3csc(C)n3)c2)c2nccn2C)cc1. The number of carbonyl (C=O) groups is 1. The summed E-state index contributed by atoms with van der Waals surface area (Å²) >= 11 is 1.58. The molecule has 7 nitrogen and oxygen atoms in total. The van der Waals surface area contributed by atoms with E-state index in [1.165, 1.54) is 0 Å². The van der Waals surface area contributed by atoms with Gasteiger partial charge in [0.2, 0.25) is 0 Å². The van der Waals surface area contributed by atoms with Crippen molar-refractivity contribution >= 4 is 17.2 Å². The zero-order chi connectivity index (χ0) is 22.5. The minimum Gasteiger partial charge on any atom is -0.497 e. The molecule has 1 unspecified atom stereocenters. The summed E-state index contributed by atoms with van der Waals surface area (Å²) in [7, 11) is 3.53. The number of hydrogen-bond donors (Lipinski definition) is 1. The van der Waals surface area contributed by atoms with E-state index in [0.717, 1.165) is 27.8 Å². The Morgan fingerprint density at radius 3 is 2.66 bits per heavy atom. The molecule has 1 atom stereocenters. The molecule has 0 bridgehead atoms. The van der Waals surface area contributed by atoms with Gasteiger partial charge in [-0.1, -0.05) is 18.2 Å². The van der Waals surface area contributed by atoms with Crippen LogP contribution in [0.5, 0.6) is 11.5 Å². The highest BCUT2D eigenvalue weighted by Gasteiger charge is 2.22. The Morgan fingerprint density at radius 2 is 2.00 bits per heavy atom. The molecule has 8 heteroatoms. The van der Waals surface area contributed by atoms with Crippen LogP contribution in [0, 0.1) is 6.92 Å². The topological polar surface area (TPSA) is 78.3 Å². The lowest BCUT2D eigenvalue weighted by molar-refractivity contribution is 0.0940. The van der Waals surface area contributed by atoms with E-state index in [1.807, 2.05) is 60.4 Å². The number of methoxy groups -OCH3 is 1. The van der Waals surface area contributed by atoms with Crippen LogP contribution >= 0.6 is 11.3 Å². The summed E-state index contributed by atoms with van der Waals surface area (Å²) in [5.41, 5.74) is 2.28. The number of amides is 1. The van der Waals surface area contributed by atoms with E-state index in [1.54, 1.807) is 42.8 Å². The summed E-state index contributed by atoms with van der Waals surface area (Å²) in [5, 5.41) is 6.07. The standard InChI is InChI=1S/C24H24N4O3S/c1-16-26-19(15-32-16)14-31-21-6-4-5-18(13-21)24(29)27-22(23-25-11-12-28(23)2)17-7-9-20(30-3)10-8-17/h4-13,15,22H,14H2,1-3H3,(H,27,29).